The molecule has 0 aliphatic rings. The number of ether oxygens (including phenoxy) is 2. The average Bonchev–Trinajstić information content (AvgIpc) is 2.50. The second-order valence-electron chi connectivity index (χ2n) is 4.95. The van der Waals surface area contributed by atoms with Crippen molar-refractivity contribution in [1.29, 1.82) is 0 Å². The zero-order chi connectivity index (χ0) is 16.2. The Kier molecular flexibility index (Phi) is 12.8. The van der Waals surface area contributed by atoms with Gasteiger partial charge in [-0.15, -0.1) is 24.0 Å². The lowest BCUT2D eigenvalue weighted by Gasteiger charge is -2.14. The molecule has 1 aromatic rings. The number of benzene rings is 1. The van der Waals surface area contributed by atoms with Crippen LogP contribution in [0.15, 0.2) is 23.2 Å². The number of halogens is 1. The molecule has 0 aliphatic heterocycles. The van der Waals surface area contributed by atoms with Crippen molar-refractivity contribution in [3.63, 3.8) is 0 Å². The summed E-state index contributed by atoms with van der Waals surface area (Å²) in [5.41, 5.74) is 2.33. The molecule has 6 heteroatoms. The van der Waals surface area contributed by atoms with Gasteiger partial charge in [-0.2, -0.15) is 0 Å². The van der Waals surface area contributed by atoms with Crippen molar-refractivity contribution in [2.45, 2.75) is 27.7 Å². The fourth-order valence-electron chi connectivity index (χ4n) is 2.06. The molecule has 23 heavy (non-hydrogen) atoms. The smallest absolute Gasteiger partial charge is 0.191 e. The molecule has 0 saturated heterocycles. The van der Waals surface area contributed by atoms with Gasteiger partial charge >= 0.3 is 0 Å². The van der Waals surface area contributed by atoms with Crippen LogP contribution >= 0.6 is 24.0 Å². The fraction of sp³-hybridized carbons (Fsp3) is 0.588. The minimum absolute atomic E-state index is 0. The highest BCUT2D eigenvalue weighted by Crippen LogP contribution is 2.21. The van der Waals surface area contributed by atoms with Gasteiger partial charge in [-0.25, -0.2) is 0 Å². The third-order valence-corrected chi connectivity index (χ3v) is 3.10. The average molecular weight is 435 g/mol. The summed E-state index contributed by atoms with van der Waals surface area (Å²) in [6.45, 7) is 12.3. The Morgan fingerprint density at radius 3 is 2.39 bits per heavy atom. The van der Waals surface area contributed by atoms with E-state index in [1.807, 2.05) is 19.9 Å². The number of para-hydroxylation sites is 1. The van der Waals surface area contributed by atoms with Crippen molar-refractivity contribution in [3.8, 4) is 5.75 Å². The van der Waals surface area contributed by atoms with E-state index < -0.39 is 0 Å². The molecule has 0 spiro atoms. The molecular formula is C17H30IN3O2. The topological polar surface area (TPSA) is 54.9 Å². The van der Waals surface area contributed by atoms with Crippen molar-refractivity contribution in [3.05, 3.63) is 29.3 Å². The van der Waals surface area contributed by atoms with Crippen LogP contribution in [-0.4, -0.2) is 45.4 Å². The van der Waals surface area contributed by atoms with Crippen LogP contribution in [0.3, 0.4) is 0 Å². The Morgan fingerprint density at radius 1 is 1.09 bits per heavy atom. The predicted octanol–water partition coefficient (Wildman–Crippen LogP) is 2.89. The van der Waals surface area contributed by atoms with Crippen LogP contribution in [0.1, 0.15) is 25.0 Å². The molecule has 0 unspecified atom stereocenters. The molecule has 5 nitrogen and oxygen atoms in total. The maximum Gasteiger partial charge on any atom is 0.191 e. The van der Waals surface area contributed by atoms with E-state index in [-0.39, 0.29) is 24.0 Å². The molecule has 0 radical (unpaired) electrons. The third kappa shape index (κ3) is 9.00. The first-order chi connectivity index (χ1) is 10.7. The van der Waals surface area contributed by atoms with Gasteiger partial charge in [-0.1, -0.05) is 18.2 Å². The Labute approximate surface area is 157 Å². The molecule has 1 aromatic carbocycles. The number of hydrogen-bond donors (Lipinski definition) is 2. The highest BCUT2D eigenvalue weighted by molar-refractivity contribution is 14.0. The molecule has 0 atom stereocenters. The first-order valence-corrected chi connectivity index (χ1v) is 7.98. The lowest BCUT2D eigenvalue weighted by Crippen LogP contribution is -2.39. The first kappa shape index (κ1) is 22.0. The van der Waals surface area contributed by atoms with Crippen molar-refractivity contribution >= 4 is 29.9 Å². The summed E-state index contributed by atoms with van der Waals surface area (Å²) < 4.78 is 11.2. The lowest BCUT2D eigenvalue weighted by atomic mass is 10.1. The molecule has 0 heterocycles. The van der Waals surface area contributed by atoms with Gasteiger partial charge in [0.25, 0.3) is 0 Å². The monoisotopic (exact) mass is 435 g/mol. The van der Waals surface area contributed by atoms with Gasteiger partial charge in [0, 0.05) is 13.2 Å². The second kappa shape index (κ2) is 13.4. The van der Waals surface area contributed by atoms with E-state index in [0.29, 0.717) is 26.3 Å². The standard InChI is InChI=1S/C17H29N3O2.HI/c1-5-18-17(19-10-12-21-6-2)20-11-13-22-16-14(3)8-7-9-15(16)4;/h7-9H,5-6,10-13H2,1-4H3,(H2,18,19,20);1H. The Morgan fingerprint density at radius 2 is 1.78 bits per heavy atom. The lowest BCUT2D eigenvalue weighted by molar-refractivity contribution is 0.155. The van der Waals surface area contributed by atoms with E-state index in [2.05, 4.69) is 41.6 Å². The van der Waals surface area contributed by atoms with Gasteiger partial charge in [0.05, 0.1) is 19.7 Å². The SMILES string of the molecule is CCNC(=NCCOCC)NCCOc1c(C)cccc1C.I. The zero-order valence-corrected chi connectivity index (χ0v) is 17.0. The minimum Gasteiger partial charge on any atom is -0.491 e. The number of aliphatic imine (C=N–C) groups is 1. The molecule has 0 aliphatic carbocycles. The third-order valence-electron chi connectivity index (χ3n) is 3.10. The molecule has 1 rings (SSSR count). The minimum atomic E-state index is 0. The van der Waals surface area contributed by atoms with E-state index in [9.17, 15) is 0 Å². The van der Waals surface area contributed by atoms with Gasteiger partial charge in [-0.05, 0) is 38.8 Å². The summed E-state index contributed by atoms with van der Waals surface area (Å²) in [6.07, 6.45) is 0. The summed E-state index contributed by atoms with van der Waals surface area (Å²) in [6, 6.07) is 6.17. The fourth-order valence-corrected chi connectivity index (χ4v) is 2.06. The van der Waals surface area contributed by atoms with Crippen molar-refractivity contribution in [2.24, 2.45) is 4.99 Å². The Hall–Kier alpha value is -1.02. The van der Waals surface area contributed by atoms with Gasteiger partial charge in [-0.3, -0.25) is 4.99 Å². The maximum absolute atomic E-state index is 5.87. The van der Waals surface area contributed by atoms with E-state index in [4.69, 9.17) is 9.47 Å². The van der Waals surface area contributed by atoms with E-state index in [1.165, 1.54) is 0 Å². The van der Waals surface area contributed by atoms with Gasteiger partial charge in [0.15, 0.2) is 5.96 Å². The number of rotatable bonds is 9. The van der Waals surface area contributed by atoms with Gasteiger partial charge in [0.2, 0.25) is 0 Å². The molecule has 132 valence electrons. The molecule has 0 bridgehead atoms. The van der Waals surface area contributed by atoms with Crippen molar-refractivity contribution in [2.75, 3.05) is 39.5 Å². The quantitative estimate of drug-likeness (QED) is 0.271. The highest BCUT2D eigenvalue weighted by atomic mass is 127. The molecule has 0 fully saturated rings. The van der Waals surface area contributed by atoms with Gasteiger partial charge in [0.1, 0.15) is 12.4 Å². The number of guanidine groups is 1. The van der Waals surface area contributed by atoms with Crippen LogP contribution in [0.5, 0.6) is 5.75 Å². The summed E-state index contributed by atoms with van der Waals surface area (Å²) in [7, 11) is 0. The van der Waals surface area contributed by atoms with Crippen molar-refractivity contribution in [1.82, 2.24) is 10.6 Å². The summed E-state index contributed by atoms with van der Waals surface area (Å²) >= 11 is 0. The van der Waals surface area contributed by atoms with Crippen LogP contribution in [0.2, 0.25) is 0 Å². The van der Waals surface area contributed by atoms with Gasteiger partial charge < -0.3 is 20.1 Å². The van der Waals surface area contributed by atoms with E-state index in [1.54, 1.807) is 0 Å². The first-order valence-electron chi connectivity index (χ1n) is 7.98. The summed E-state index contributed by atoms with van der Waals surface area (Å²) in [4.78, 5) is 4.44. The molecular weight excluding hydrogens is 405 g/mol. The maximum atomic E-state index is 5.87. The number of nitrogens with zero attached hydrogens (tertiary/aromatic N) is 1. The zero-order valence-electron chi connectivity index (χ0n) is 14.6. The largest absolute Gasteiger partial charge is 0.491 e. The van der Waals surface area contributed by atoms with Crippen LogP contribution in [0.25, 0.3) is 0 Å². The normalized spacial score (nSPS) is 10.9. The Balaban J connectivity index is 0.00000484. The second-order valence-corrected chi connectivity index (χ2v) is 4.95. The molecule has 0 aromatic heterocycles. The molecule has 0 amide bonds. The van der Waals surface area contributed by atoms with Crippen LogP contribution in [0.4, 0.5) is 0 Å². The number of aryl methyl sites for hydroxylation is 2. The number of nitrogens with one attached hydrogen (secondary N) is 2. The summed E-state index contributed by atoms with van der Waals surface area (Å²) in [5.74, 6) is 1.77. The summed E-state index contributed by atoms with van der Waals surface area (Å²) in [5, 5.41) is 6.47. The van der Waals surface area contributed by atoms with E-state index in [0.717, 1.165) is 36.0 Å². The molecule has 0 saturated carbocycles. The predicted molar refractivity (Wildman–Crippen MR) is 107 cm³/mol. The van der Waals surface area contributed by atoms with Crippen LogP contribution in [-0.2, 0) is 4.74 Å². The van der Waals surface area contributed by atoms with Crippen LogP contribution in [0, 0.1) is 13.8 Å². The number of hydrogen-bond acceptors (Lipinski definition) is 3. The van der Waals surface area contributed by atoms with Crippen molar-refractivity contribution < 1.29 is 9.47 Å². The molecule has 2 N–H and O–H groups in total. The van der Waals surface area contributed by atoms with E-state index >= 15 is 0 Å². The Bertz CT molecular complexity index is 447. The van der Waals surface area contributed by atoms with Crippen LogP contribution < -0.4 is 15.4 Å². The highest BCUT2D eigenvalue weighted by Gasteiger charge is 2.03.